The fraction of sp³-hybridized carbons (Fsp3) is 0.333. The molecule has 6 nitrogen and oxygen atoms in total. The molecule has 2 aromatic heterocycles. The van der Waals surface area contributed by atoms with Crippen molar-refractivity contribution < 1.29 is 4.79 Å². The highest BCUT2D eigenvalue weighted by molar-refractivity contribution is 5.82. The first-order valence-corrected chi connectivity index (χ1v) is 9.33. The fourth-order valence-electron chi connectivity index (χ4n) is 3.83. The first kappa shape index (κ1) is 17.4. The van der Waals surface area contributed by atoms with Crippen LogP contribution in [0.15, 0.2) is 59.9 Å². The molecular weight excluding hydrogens is 340 g/mol. The molecule has 0 aliphatic carbocycles. The van der Waals surface area contributed by atoms with Crippen molar-refractivity contribution in [3.63, 3.8) is 0 Å². The van der Waals surface area contributed by atoms with Crippen LogP contribution in [-0.2, 0) is 4.79 Å². The molecule has 0 saturated carbocycles. The van der Waals surface area contributed by atoms with Crippen molar-refractivity contribution in [2.75, 3.05) is 6.54 Å². The number of fused-ring (bicyclic) bond motifs is 1. The number of rotatable bonds is 3. The summed E-state index contributed by atoms with van der Waals surface area (Å²) in [4.78, 5) is 36.6. The molecule has 27 heavy (non-hydrogen) atoms. The summed E-state index contributed by atoms with van der Waals surface area (Å²) in [5.74, 6) is -0.0530. The van der Waals surface area contributed by atoms with Gasteiger partial charge in [0.1, 0.15) is 6.04 Å². The second kappa shape index (κ2) is 7.31. The van der Waals surface area contributed by atoms with E-state index in [1.54, 1.807) is 25.3 Å². The Morgan fingerprint density at radius 2 is 2.04 bits per heavy atom. The summed E-state index contributed by atoms with van der Waals surface area (Å²) >= 11 is 0. The molecule has 0 radical (unpaired) electrons. The Labute approximate surface area is 157 Å². The second-order valence-electron chi connectivity index (χ2n) is 6.98. The summed E-state index contributed by atoms with van der Waals surface area (Å²) in [6.45, 7) is 2.47. The molecule has 4 rings (SSSR count). The number of hydrogen-bond acceptors (Lipinski definition) is 4. The standard InChI is InChI=1S/C21H22N4O2/c1-15(25-14-23-18-9-3-2-8-17(18)21(25)27)20(26)24-12-5-4-10-19(24)16-7-6-11-22-13-16/h2-3,6-9,11,13-15,19H,4-5,10,12H2,1H3. The van der Waals surface area contributed by atoms with Crippen LogP contribution in [0.1, 0.15) is 43.8 Å². The average molecular weight is 362 g/mol. The van der Waals surface area contributed by atoms with E-state index < -0.39 is 6.04 Å². The van der Waals surface area contributed by atoms with E-state index in [0.29, 0.717) is 17.4 Å². The van der Waals surface area contributed by atoms with Crippen LogP contribution in [0.2, 0.25) is 0 Å². The van der Waals surface area contributed by atoms with Gasteiger partial charge in [-0.05, 0) is 49.9 Å². The lowest BCUT2D eigenvalue weighted by Gasteiger charge is -2.37. The number of aromatic nitrogens is 3. The Bertz CT molecular complexity index is 1020. The molecule has 0 spiro atoms. The van der Waals surface area contributed by atoms with E-state index in [9.17, 15) is 9.59 Å². The lowest BCUT2D eigenvalue weighted by molar-refractivity contribution is -0.138. The number of likely N-dealkylation sites (tertiary alicyclic amines) is 1. The molecule has 3 heterocycles. The second-order valence-corrected chi connectivity index (χ2v) is 6.98. The molecule has 6 heteroatoms. The highest BCUT2D eigenvalue weighted by Crippen LogP contribution is 2.32. The van der Waals surface area contributed by atoms with Gasteiger partial charge in [-0.3, -0.25) is 19.1 Å². The maximum Gasteiger partial charge on any atom is 0.261 e. The van der Waals surface area contributed by atoms with Crippen molar-refractivity contribution in [3.8, 4) is 0 Å². The minimum absolute atomic E-state index is 0.00603. The molecule has 0 N–H and O–H groups in total. The molecule has 1 aliphatic rings. The van der Waals surface area contributed by atoms with E-state index in [0.717, 1.165) is 24.8 Å². The predicted octanol–water partition coefficient (Wildman–Crippen LogP) is 3.11. The Balaban J connectivity index is 1.67. The van der Waals surface area contributed by atoms with Gasteiger partial charge in [-0.2, -0.15) is 0 Å². The van der Waals surface area contributed by atoms with Gasteiger partial charge in [-0.1, -0.05) is 18.2 Å². The fourth-order valence-corrected chi connectivity index (χ4v) is 3.83. The van der Waals surface area contributed by atoms with E-state index in [1.165, 1.54) is 10.9 Å². The van der Waals surface area contributed by atoms with Crippen molar-refractivity contribution in [2.45, 2.75) is 38.3 Å². The molecule has 1 saturated heterocycles. The van der Waals surface area contributed by atoms with E-state index in [2.05, 4.69) is 9.97 Å². The molecule has 2 unspecified atom stereocenters. The van der Waals surface area contributed by atoms with Gasteiger partial charge in [-0.15, -0.1) is 0 Å². The third-order valence-electron chi connectivity index (χ3n) is 5.32. The van der Waals surface area contributed by atoms with Crippen molar-refractivity contribution in [1.82, 2.24) is 19.4 Å². The van der Waals surface area contributed by atoms with Gasteiger partial charge in [0.25, 0.3) is 5.56 Å². The number of piperidine rings is 1. The molecule has 1 aliphatic heterocycles. The van der Waals surface area contributed by atoms with Crippen LogP contribution < -0.4 is 5.56 Å². The maximum absolute atomic E-state index is 13.3. The summed E-state index contributed by atoms with van der Waals surface area (Å²) in [6, 6.07) is 10.5. The number of pyridine rings is 1. The van der Waals surface area contributed by atoms with Gasteiger partial charge in [0, 0.05) is 18.9 Å². The number of carbonyl (C=O) groups is 1. The zero-order valence-electron chi connectivity index (χ0n) is 15.3. The van der Waals surface area contributed by atoms with Crippen molar-refractivity contribution in [3.05, 3.63) is 71.0 Å². The summed E-state index contributed by atoms with van der Waals surface area (Å²) in [5, 5.41) is 0.530. The summed E-state index contributed by atoms with van der Waals surface area (Å²) < 4.78 is 1.44. The Hall–Kier alpha value is -3.02. The third kappa shape index (κ3) is 3.23. The molecule has 3 aromatic rings. The predicted molar refractivity (Wildman–Crippen MR) is 103 cm³/mol. The SMILES string of the molecule is CC(C(=O)N1CCCCC1c1cccnc1)n1cnc2ccccc2c1=O. The molecule has 1 amide bonds. The van der Waals surface area contributed by atoms with Crippen LogP contribution >= 0.6 is 0 Å². The van der Waals surface area contributed by atoms with Crippen LogP contribution in [0, 0.1) is 0 Å². The van der Waals surface area contributed by atoms with Crippen LogP contribution in [0.5, 0.6) is 0 Å². The van der Waals surface area contributed by atoms with E-state index in [4.69, 9.17) is 0 Å². The molecule has 1 fully saturated rings. The Morgan fingerprint density at radius 1 is 1.19 bits per heavy atom. The van der Waals surface area contributed by atoms with Gasteiger partial charge in [0.2, 0.25) is 5.91 Å². The number of para-hydroxylation sites is 1. The number of nitrogens with zero attached hydrogens (tertiary/aromatic N) is 4. The molecule has 2 atom stereocenters. The number of benzene rings is 1. The van der Waals surface area contributed by atoms with Gasteiger partial charge >= 0.3 is 0 Å². The third-order valence-corrected chi connectivity index (χ3v) is 5.32. The average Bonchev–Trinajstić information content (AvgIpc) is 2.74. The van der Waals surface area contributed by atoms with Crippen molar-refractivity contribution in [2.24, 2.45) is 0 Å². The molecular formula is C21H22N4O2. The van der Waals surface area contributed by atoms with Crippen molar-refractivity contribution in [1.29, 1.82) is 0 Å². The minimum atomic E-state index is -0.605. The highest BCUT2D eigenvalue weighted by Gasteiger charge is 2.32. The first-order valence-electron chi connectivity index (χ1n) is 9.33. The van der Waals surface area contributed by atoms with Crippen LogP contribution in [0.4, 0.5) is 0 Å². The van der Waals surface area contributed by atoms with E-state index in [-0.39, 0.29) is 17.5 Å². The smallest absolute Gasteiger partial charge is 0.261 e. The summed E-state index contributed by atoms with van der Waals surface area (Å²) in [7, 11) is 0. The van der Waals surface area contributed by atoms with Gasteiger partial charge in [0.05, 0.1) is 23.3 Å². The summed E-state index contributed by atoms with van der Waals surface area (Å²) in [5.41, 5.74) is 1.50. The highest BCUT2D eigenvalue weighted by atomic mass is 16.2. The monoisotopic (exact) mass is 362 g/mol. The number of hydrogen-bond donors (Lipinski definition) is 0. The van der Waals surface area contributed by atoms with Gasteiger partial charge in [-0.25, -0.2) is 4.98 Å². The molecule has 1 aromatic carbocycles. The molecule has 138 valence electrons. The summed E-state index contributed by atoms with van der Waals surface area (Å²) in [6.07, 6.45) is 8.01. The lowest BCUT2D eigenvalue weighted by atomic mass is 9.95. The Kier molecular flexibility index (Phi) is 4.71. The molecule has 0 bridgehead atoms. The topological polar surface area (TPSA) is 68.1 Å². The zero-order chi connectivity index (χ0) is 18.8. The van der Waals surface area contributed by atoms with E-state index >= 15 is 0 Å². The zero-order valence-corrected chi connectivity index (χ0v) is 15.3. The first-order chi connectivity index (χ1) is 13.2. The lowest BCUT2D eigenvalue weighted by Crippen LogP contribution is -2.43. The normalized spacial score (nSPS) is 18.4. The number of amides is 1. The largest absolute Gasteiger partial charge is 0.334 e. The van der Waals surface area contributed by atoms with Gasteiger partial charge in [0.15, 0.2) is 0 Å². The van der Waals surface area contributed by atoms with Crippen LogP contribution in [0.3, 0.4) is 0 Å². The van der Waals surface area contributed by atoms with E-state index in [1.807, 2.05) is 35.4 Å². The number of carbonyl (C=O) groups excluding carboxylic acids is 1. The quantitative estimate of drug-likeness (QED) is 0.718. The maximum atomic E-state index is 13.3. The van der Waals surface area contributed by atoms with Crippen molar-refractivity contribution >= 4 is 16.8 Å². The Morgan fingerprint density at radius 3 is 2.85 bits per heavy atom. The minimum Gasteiger partial charge on any atom is -0.334 e. The van der Waals surface area contributed by atoms with Gasteiger partial charge < -0.3 is 4.90 Å². The van der Waals surface area contributed by atoms with Crippen LogP contribution in [-0.4, -0.2) is 31.9 Å². The van der Waals surface area contributed by atoms with Crippen LogP contribution in [0.25, 0.3) is 10.9 Å².